The van der Waals surface area contributed by atoms with E-state index in [9.17, 15) is 24.6 Å². The summed E-state index contributed by atoms with van der Waals surface area (Å²) in [6, 6.07) is 7.42. The lowest BCUT2D eigenvalue weighted by molar-refractivity contribution is -0.121. The molecule has 0 saturated heterocycles. The molecule has 1 unspecified atom stereocenters. The van der Waals surface area contributed by atoms with Gasteiger partial charge in [-0.1, -0.05) is 38.1 Å². The summed E-state index contributed by atoms with van der Waals surface area (Å²) < 4.78 is 0. The quantitative estimate of drug-likeness (QED) is 0.410. The summed E-state index contributed by atoms with van der Waals surface area (Å²) in [6.07, 6.45) is 1.55. The van der Waals surface area contributed by atoms with Gasteiger partial charge in [-0.05, 0) is 45.5 Å². The molecule has 0 radical (unpaired) electrons. The van der Waals surface area contributed by atoms with Crippen molar-refractivity contribution in [2.45, 2.75) is 46.1 Å². The fourth-order valence-electron chi connectivity index (χ4n) is 4.18. The number of hydrogen-bond acceptors (Lipinski definition) is 6. The summed E-state index contributed by atoms with van der Waals surface area (Å²) >= 11 is 0. The standard InChI is InChI=1S/C25H30N2O5.ClH/c1-4-27(5-2)12-8-9-15(3)26-20(29)14-16-13-19(28)21-22(23(16)30)25(32)18-11-7-6-10-17(18)24(21)31;/h6-7,10-11,13,15,28,30H,4-5,8-9,12,14H2,1-3H3,(H,26,29);1H. The van der Waals surface area contributed by atoms with Crippen molar-refractivity contribution in [2.24, 2.45) is 0 Å². The molecular formula is C25H31ClN2O5. The molecule has 0 aliphatic heterocycles. The molecule has 1 atom stereocenters. The van der Waals surface area contributed by atoms with Gasteiger partial charge in [0.15, 0.2) is 11.6 Å². The first-order valence-corrected chi connectivity index (χ1v) is 11.1. The molecule has 1 amide bonds. The van der Waals surface area contributed by atoms with E-state index in [-0.39, 0.29) is 58.6 Å². The van der Waals surface area contributed by atoms with Crippen molar-refractivity contribution in [3.8, 4) is 11.5 Å². The maximum atomic E-state index is 12.9. The van der Waals surface area contributed by atoms with E-state index < -0.39 is 23.1 Å². The lowest BCUT2D eigenvalue weighted by Gasteiger charge is -2.21. The molecule has 33 heavy (non-hydrogen) atoms. The number of nitrogens with one attached hydrogen (secondary N) is 1. The van der Waals surface area contributed by atoms with Gasteiger partial charge in [0.25, 0.3) is 0 Å². The number of carbonyl (C=O) groups is 3. The van der Waals surface area contributed by atoms with Crippen molar-refractivity contribution in [1.82, 2.24) is 10.2 Å². The number of hydrogen-bond donors (Lipinski definition) is 3. The van der Waals surface area contributed by atoms with Crippen LogP contribution in [0.5, 0.6) is 11.5 Å². The Kier molecular flexibility index (Phi) is 9.02. The molecule has 1 aliphatic carbocycles. The van der Waals surface area contributed by atoms with E-state index in [2.05, 4.69) is 24.1 Å². The number of carbonyl (C=O) groups excluding carboxylic acids is 3. The molecular weight excluding hydrogens is 444 g/mol. The van der Waals surface area contributed by atoms with E-state index in [0.29, 0.717) is 0 Å². The van der Waals surface area contributed by atoms with Gasteiger partial charge < -0.3 is 20.4 Å². The molecule has 0 heterocycles. The second-order valence-corrected chi connectivity index (χ2v) is 8.17. The highest BCUT2D eigenvalue weighted by Crippen LogP contribution is 2.40. The molecule has 0 saturated carbocycles. The van der Waals surface area contributed by atoms with Crippen LogP contribution >= 0.6 is 12.4 Å². The minimum atomic E-state index is -0.546. The zero-order chi connectivity index (χ0) is 23.4. The Morgan fingerprint density at radius 1 is 1.03 bits per heavy atom. The Morgan fingerprint density at radius 3 is 2.18 bits per heavy atom. The summed E-state index contributed by atoms with van der Waals surface area (Å²) in [5, 5.41) is 24.1. The van der Waals surface area contributed by atoms with Crippen molar-refractivity contribution in [3.05, 3.63) is 58.1 Å². The SMILES string of the molecule is CCN(CC)CCCC(C)NC(=O)Cc1cc(O)c2c(c1O)C(=O)c1ccccc1C2=O.Cl. The Morgan fingerprint density at radius 2 is 1.61 bits per heavy atom. The van der Waals surface area contributed by atoms with Gasteiger partial charge in [-0.3, -0.25) is 14.4 Å². The van der Waals surface area contributed by atoms with Crippen LogP contribution in [-0.4, -0.2) is 58.3 Å². The Bertz CT molecular complexity index is 1050. The average molecular weight is 475 g/mol. The average Bonchev–Trinajstić information content (AvgIpc) is 2.77. The zero-order valence-electron chi connectivity index (χ0n) is 19.2. The molecule has 0 fully saturated rings. The molecule has 1 aliphatic rings. The van der Waals surface area contributed by atoms with Crippen LogP contribution in [0.4, 0.5) is 0 Å². The van der Waals surface area contributed by atoms with Gasteiger partial charge in [0.05, 0.1) is 17.5 Å². The predicted molar refractivity (Wildman–Crippen MR) is 129 cm³/mol. The van der Waals surface area contributed by atoms with Crippen molar-refractivity contribution >= 4 is 29.9 Å². The monoisotopic (exact) mass is 474 g/mol. The van der Waals surface area contributed by atoms with Crippen LogP contribution in [0.25, 0.3) is 0 Å². The largest absolute Gasteiger partial charge is 0.507 e. The van der Waals surface area contributed by atoms with Crippen molar-refractivity contribution < 1.29 is 24.6 Å². The molecule has 0 aromatic heterocycles. The van der Waals surface area contributed by atoms with Gasteiger partial charge in [-0.15, -0.1) is 12.4 Å². The molecule has 178 valence electrons. The number of rotatable bonds is 9. The van der Waals surface area contributed by atoms with Crippen LogP contribution in [0.15, 0.2) is 30.3 Å². The Hall–Kier alpha value is -2.90. The van der Waals surface area contributed by atoms with E-state index in [1.165, 1.54) is 18.2 Å². The third-order valence-corrected chi connectivity index (χ3v) is 5.99. The molecule has 3 rings (SSSR count). The van der Waals surface area contributed by atoms with E-state index in [4.69, 9.17) is 0 Å². The van der Waals surface area contributed by atoms with Crippen molar-refractivity contribution in [1.29, 1.82) is 0 Å². The first-order valence-electron chi connectivity index (χ1n) is 11.1. The van der Waals surface area contributed by atoms with E-state index in [0.717, 1.165) is 32.5 Å². The summed E-state index contributed by atoms with van der Waals surface area (Å²) in [4.78, 5) is 40.6. The van der Waals surface area contributed by atoms with Gasteiger partial charge in [0.2, 0.25) is 5.91 Å². The van der Waals surface area contributed by atoms with E-state index >= 15 is 0 Å². The molecule has 2 aromatic carbocycles. The molecule has 8 heteroatoms. The van der Waals surface area contributed by atoms with Crippen LogP contribution < -0.4 is 5.32 Å². The second kappa shape index (κ2) is 11.3. The number of nitrogens with zero attached hydrogens (tertiary/aromatic N) is 1. The highest BCUT2D eigenvalue weighted by molar-refractivity contribution is 6.30. The number of amides is 1. The summed E-state index contributed by atoms with van der Waals surface area (Å²) in [5.74, 6) is -2.25. The number of aromatic hydroxyl groups is 2. The fraction of sp³-hybridized carbons (Fsp3) is 0.400. The maximum absolute atomic E-state index is 12.9. The first kappa shape index (κ1) is 26.4. The fourth-order valence-corrected chi connectivity index (χ4v) is 4.18. The zero-order valence-corrected chi connectivity index (χ0v) is 20.0. The summed E-state index contributed by atoms with van der Waals surface area (Å²) in [7, 11) is 0. The molecule has 3 N–H and O–H groups in total. The number of ketones is 2. The number of halogens is 1. The van der Waals surface area contributed by atoms with Gasteiger partial charge in [-0.2, -0.15) is 0 Å². The topological polar surface area (TPSA) is 107 Å². The molecule has 7 nitrogen and oxygen atoms in total. The van der Waals surface area contributed by atoms with Crippen LogP contribution in [-0.2, 0) is 11.2 Å². The first-order chi connectivity index (χ1) is 15.3. The molecule has 0 bridgehead atoms. The highest BCUT2D eigenvalue weighted by atomic mass is 35.5. The van der Waals surface area contributed by atoms with Crippen LogP contribution in [0.2, 0.25) is 0 Å². The lowest BCUT2D eigenvalue weighted by atomic mass is 9.82. The van der Waals surface area contributed by atoms with Crippen molar-refractivity contribution in [2.75, 3.05) is 19.6 Å². The van der Waals surface area contributed by atoms with Crippen LogP contribution in [0.3, 0.4) is 0 Å². The van der Waals surface area contributed by atoms with E-state index in [1.54, 1.807) is 12.1 Å². The number of benzene rings is 2. The van der Waals surface area contributed by atoms with E-state index in [1.807, 2.05) is 6.92 Å². The highest BCUT2D eigenvalue weighted by Gasteiger charge is 2.35. The minimum absolute atomic E-state index is 0. The van der Waals surface area contributed by atoms with Gasteiger partial charge in [-0.25, -0.2) is 0 Å². The Labute approximate surface area is 200 Å². The number of phenolic OH excluding ortho intramolecular Hbond substituents is 2. The third-order valence-electron chi connectivity index (χ3n) is 5.99. The lowest BCUT2D eigenvalue weighted by Crippen LogP contribution is -2.34. The maximum Gasteiger partial charge on any atom is 0.224 e. The van der Waals surface area contributed by atoms with Crippen molar-refractivity contribution in [3.63, 3.8) is 0 Å². The third kappa shape index (κ3) is 5.54. The van der Waals surface area contributed by atoms with Gasteiger partial charge in [0, 0.05) is 22.7 Å². The van der Waals surface area contributed by atoms with Gasteiger partial charge in [0.1, 0.15) is 11.5 Å². The second-order valence-electron chi connectivity index (χ2n) is 8.17. The summed E-state index contributed by atoms with van der Waals surface area (Å²) in [6.45, 7) is 9.10. The normalized spacial score (nSPS) is 13.2. The molecule has 0 spiro atoms. The van der Waals surface area contributed by atoms with Gasteiger partial charge >= 0.3 is 0 Å². The molecule has 2 aromatic rings. The van der Waals surface area contributed by atoms with Crippen LogP contribution in [0.1, 0.15) is 71.0 Å². The number of phenols is 2. The predicted octanol–water partition coefficient (Wildman–Crippen LogP) is 3.46. The number of fused-ring (bicyclic) bond motifs is 2. The smallest absolute Gasteiger partial charge is 0.224 e. The van der Waals surface area contributed by atoms with Crippen LogP contribution in [0, 0.1) is 0 Å². The Balaban J connectivity index is 0.00000385. The minimum Gasteiger partial charge on any atom is -0.507 e. The summed E-state index contributed by atoms with van der Waals surface area (Å²) in [5.41, 5.74) is -0.00891.